The highest BCUT2D eigenvalue weighted by molar-refractivity contribution is 7.03. The average Bonchev–Trinajstić information content (AvgIpc) is 2.83. The number of hydrogen-bond donors (Lipinski definition) is 1. The summed E-state index contributed by atoms with van der Waals surface area (Å²) in [5.41, 5.74) is 0.945. The smallest absolute Gasteiger partial charge is 0.224 e. The van der Waals surface area contributed by atoms with E-state index in [1.807, 2.05) is 5.38 Å². The summed E-state index contributed by atoms with van der Waals surface area (Å²) in [6, 6.07) is 0. The van der Waals surface area contributed by atoms with Crippen molar-refractivity contribution in [1.82, 2.24) is 14.9 Å². The number of carbonyl (C=O) groups excluding carboxylic acids is 2. The van der Waals surface area contributed by atoms with E-state index in [1.54, 1.807) is 0 Å². The predicted octanol–water partition coefficient (Wildman–Crippen LogP) is 1.30. The second-order valence-corrected chi connectivity index (χ2v) is 5.88. The number of nitrogens with one attached hydrogen (secondary N) is 1. The maximum atomic E-state index is 12.0. The molecule has 5 nitrogen and oxygen atoms in total. The molecule has 0 aliphatic heterocycles. The van der Waals surface area contributed by atoms with Crippen molar-refractivity contribution in [2.24, 2.45) is 11.3 Å². The van der Waals surface area contributed by atoms with E-state index < -0.39 is 0 Å². The van der Waals surface area contributed by atoms with Gasteiger partial charge in [-0.25, -0.2) is 0 Å². The summed E-state index contributed by atoms with van der Waals surface area (Å²) in [5, 5.41) is 8.64. The number of carbonyl (C=O) groups is 2. The Morgan fingerprint density at radius 3 is 2.94 bits per heavy atom. The lowest BCUT2D eigenvalue weighted by Crippen LogP contribution is -2.28. The molecule has 2 saturated carbocycles. The summed E-state index contributed by atoms with van der Waals surface area (Å²) >= 11 is 1.29. The van der Waals surface area contributed by atoms with Crippen LogP contribution in [0.2, 0.25) is 0 Å². The molecule has 0 radical (unpaired) electrons. The molecule has 6 heteroatoms. The highest BCUT2D eigenvalue weighted by atomic mass is 32.1. The quantitative estimate of drug-likeness (QED) is 0.894. The average molecular weight is 265 g/mol. The fourth-order valence-electron chi connectivity index (χ4n) is 2.86. The van der Waals surface area contributed by atoms with Crippen LogP contribution in [0, 0.1) is 11.3 Å². The number of hydrogen-bond acceptors (Lipinski definition) is 5. The molecule has 1 heterocycles. The van der Waals surface area contributed by atoms with Crippen LogP contribution in [0.15, 0.2) is 5.38 Å². The molecule has 0 saturated heterocycles. The minimum Gasteiger partial charge on any atom is -0.350 e. The van der Waals surface area contributed by atoms with Crippen molar-refractivity contribution in [1.29, 1.82) is 0 Å². The molecule has 0 aromatic carbocycles. The Hall–Kier alpha value is -1.30. The minimum atomic E-state index is 0.109. The van der Waals surface area contributed by atoms with Gasteiger partial charge in [-0.05, 0) is 36.2 Å². The van der Waals surface area contributed by atoms with E-state index in [4.69, 9.17) is 0 Å². The molecule has 1 aromatic rings. The van der Waals surface area contributed by atoms with E-state index in [9.17, 15) is 9.59 Å². The first-order valence-corrected chi connectivity index (χ1v) is 7.09. The summed E-state index contributed by atoms with van der Waals surface area (Å²) in [4.78, 5) is 23.2. The second-order valence-electron chi connectivity index (χ2n) is 5.27. The zero-order valence-electron chi connectivity index (χ0n) is 10.0. The lowest BCUT2D eigenvalue weighted by Gasteiger charge is -2.21. The molecule has 2 fully saturated rings. The maximum Gasteiger partial charge on any atom is 0.224 e. The first-order valence-electron chi connectivity index (χ1n) is 6.25. The van der Waals surface area contributed by atoms with Gasteiger partial charge in [-0.3, -0.25) is 9.59 Å². The molecule has 1 spiro atoms. The van der Waals surface area contributed by atoms with E-state index in [0.717, 1.165) is 25.0 Å². The number of nitrogens with zero attached hydrogens (tertiary/aromatic N) is 2. The molecule has 1 unspecified atom stereocenters. The molecule has 0 bridgehead atoms. The molecule has 1 amide bonds. The van der Waals surface area contributed by atoms with Gasteiger partial charge in [0, 0.05) is 24.1 Å². The normalized spacial score (nSPS) is 25.1. The Kier molecular flexibility index (Phi) is 2.89. The second kappa shape index (κ2) is 4.42. The monoisotopic (exact) mass is 265 g/mol. The predicted molar refractivity (Wildman–Crippen MR) is 65.8 cm³/mol. The third kappa shape index (κ3) is 2.16. The summed E-state index contributed by atoms with van der Waals surface area (Å²) in [6.45, 7) is 0.459. The SMILES string of the molecule is O=C1CCC2(CC1)CC2C(=O)NCc1csnn1. The Bertz CT molecular complexity index is 462. The summed E-state index contributed by atoms with van der Waals surface area (Å²) in [6.07, 6.45) is 4.03. The zero-order chi connectivity index (χ0) is 12.6. The van der Waals surface area contributed by atoms with Crippen molar-refractivity contribution in [2.45, 2.75) is 38.6 Å². The lowest BCUT2D eigenvalue weighted by atomic mass is 9.83. The highest BCUT2D eigenvalue weighted by Gasteiger charge is 2.58. The molecule has 1 N–H and O–H groups in total. The Morgan fingerprint density at radius 2 is 2.28 bits per heavy atom. The van der Waals surface area contributed by atoms with Gasteiger partial charge in [0.2, 0.25) is 5.91 Å². The van der Waals surface area contributed by atoms with Crippen LogP contribution < -0.4 is 5.32 Å². The number of Topliss-reactive ketones (excluding diaryl/α,β-unsaturated/α-hetero) is 1. The van der Waals surface area contributed by atoms with Gasteiger partial charge in [-0.2, -0.15) is 0 Å². The molecule has 1 atom stereocenters. The largest absolute Gasteiger partial charge is 0.350 e. The van der Waals surface area contributed by atoms with Crippen LogP contribution in [0.5, 0.6) is 0 Å². The Labute approximate surface area is 109 Å². The van der Waals surface area contributed by atoms with Gasteiger partial charge < -0.3 is 5.32 Å². The standard InChI is InChI=1S/C12H15N3O2S/c16-9-1-3-12(4-2-9)5-10(12)11(17)13-6-8-7-18-15-14-8/h7,10H,1-6H2,(H,13,17). The number of rotatable bonds is 3. The fraction of sp³-hybridized carbons (Fsp3) is 0.667. The van der Waals surface area contributed by atoms with Crippen LogP contribution >= 0.6 is 11.5 Å². The number of ketones is 1. The maximum absolute atomic E-state index is 12.0. The Morgan fingerprint density at radius 1 is 1.50 bits per heavy atom. The van der Waals surface area contributed by atoms with Gasteiger partial charge in [0.1, 0.15) is 5.78 Å². The summed E-state index contributed by atoms with van der Waals surface area (Å²) in [7, 11) is 0. The van der Waals surface area contributed by atoms with Gasteiger partial charge in [-0.1, -0.05) is 4.49 Å². The van der Waals surface area contributed by atoms with Crippen molar-refractivity contribution in [3.63, 3.8) is 0 Å². The van der Waals surface area contributed by atoms with Crippen molar-refractivity contribution in [3.05, 3.63) is 11.1 Å². The minimum absolute atomic E-state index is 0.109. The summed E-state index contributed by atoms with van der Waals surface area (Å²) < 4.78 is 3.76. The molecule has 2 aliphatic rings. The Balaban J connectivity index is 1.51. The topological polar surface area (TPSA) is 72.0 Å². The number of amides is 1. The van der Waals surface area contributed by atoms with E-state index in [0.29, 0.717) is 25.2 Å². The van der Waals surface area contributed by atoms with E-state index in [-0.39, 0.29) is 17.2 Å². The van der Waals surface area contributed by atoms with Crippen molar-refractivity contribution >= 4 is 23.2 Å². The van der Waals surface area contributed by atoms with Crippen molar-refractivity contribution in [3.8, 4) is 0 Å². The third-order valence-corrected chi connectivity index (χ3v) is 4.71. The summed E-state index contributed by atoms with van der Waals surface area (Å²) in [5.74, 6) is 0.565. The molecule has 1 aromatic heterocycles. The zero-order valence-corrected chi connectivity index (χ0v) is 10.8. The molecular weight excluding hydrogens is 250 g/mol. The van der Waals surface area contributed by atoms with Gasteiger partial charge in [0.25, 0.3) is 0 Å². The van der Waals surface area contributed by atoms with Crippen LogP contribution in [0.4, 0.5) is 0 Å². The first-order chi connectivity index (χ1) is 8.70. The molecular formula is C12H15N3O2S. The number of aromatic nitrogens is 2. The van der Waals surface area contributed by atoms with Crippen LogP contribution in [0.1, 0.15) is 37.8 Å². The van der Waals surface area contributed by atoms with Crippen LogP contribution in [-0.4, -0.2) is 21.3 Å². The molecule has 2 aliphatic carbocycles. The molecule has 3 rings (SSSR count). The van der Waals surface area contributed by atoms with Gasteiger partial charge >= 0.3 is 0 Å². The van der Waals surface area contributed by atoms with Crippen molar-refractivity contribution in [2.75, 3.05) is 0 Å². The highest BCUT2D eigenvalue weighted by Crippen LogP contribution is 2.60. The van der Waals surface area contributed by atoms with Gasteiger partial charge in [0.15, 0.2) is 0 Å². The van der Waals surface area contributed by atoms with Gasteiger partial charge in [0.05, 0.1) is 12.2 Å². The van der Waals surface area contributed by atoms with Crippen LogP contribution in [0.3, 0.4) is 0 Å². The van der Waals surface area contributed by atoms with Crippen LogP contribution in [-0.2, 0) is 16.1 Å². The fourth-order valence-corrected chi connectivity index (χ4v) is 3.31. The molecule has 96 valence electrons. The van der Waals surface area contributed by atoms with Gasteiger partial charge in [-0.15, -0.1) is 5.10 Å². The first kappa shape index (κ1) is 11.8. The lowest BCUT2D eigenvalue weighted by molar-refractivity contribution is -0.125. The molecule has 18 heavy (non-hydrogen) atoms. The van der Waals surface area contributed by atoms with Crippen LogP contribution in [0.25, 0.3) is 0 Å². The van der Waals surface area contributed by atoms with E-state index in [1.165, 1.54) is 11.5 Å². The third-order valence-electron chi connectivity index (χ3n) is 4.16. The van der Waals surface area contributed by atoms with E-state index >= 15 is 0 Å². The van der Waals surface area contributed by atoms with Crippen molar-refractivity contribution < 1.29 is 9.59 Å². The van der Waals surface area contributed by atoms with E-state index in [2.05, 4.69) is 14.9 Å².